The van der Waals surface area contributed by atoms with Crippen LogP contribution in [0.2, 0.25) is 0 Å². The highest BCUT2D eigenvalue weighted by atomic mass is 16.5. The van der Waals surface area contributed by atoms with Crippen molar-refractivity contribution >= 4 is 23.0 Å². The van der Waals surface area contributed by atoms with Crippen molar-refractivity contribution < 1.29 is 19.1 Å². The second-order valence-corrected chi connectivity index (χ2v) is 6.45. The molecule has 0 saturated carbocycles. The third-order valence-corrected chi connectivity index (χ3v) is 4.32. The van der Waals surface area contributed by atoms with E-state index in [1.54, 1.807) is 18.2 Å². The predicted molar refractivity (Wildman–Crippen MR) is 98.5 cm³/mol. The van der Waals surface area contributed by atoms with Gasteiger partial charge in [0.2, 0.25) is 11.8 Å². The summed E-state index contributed by atoms with van der Waals surface area (Å²) in [5.41, 5.74) is 1.33. The zero-order chi connectivity index (χ0) is 19.4. The molecule has 0 aliphatic carbocycles. The Labute approximate surface area is 156 Å². The van der Waals surface area contributed by atoms with E-state index >= 15 is 0 Å². The Bertz CT molecular complexity index is 849. The number of amides is 2. The van der Waals surface area contributed by atoms with E-state index in [1.807, 2.05) is 6.92 Å². The van der Waals surface area contributed by atoms with Crippen molar-refractivity contribution in [3.8, 4) is 5.88 Å². The van der Waals surface area contributed by atoms with Gasteiger partial charge in [-0.05, 0) is 13.0 Å². The van der Waals surface area contributed by atoms with Crippen LogP contribution >= 0.6 is 0 Å². The van der Waals surface area contributed by atoms with Crippen molar-refractivity contribution in [1.29, 1.82) is 0 Å². The minimum Gasteiger partial charge on any atom is -0.471 e. The fourth-order valence-corrected chi connectivity index (χ4v) is 3.02. The summed E-state index contributed by atoms with van der Waals surface area (Å²) in [7, 11) is 1.58. The maximum atomic E-state index is 12.5. The number of methoxy groups -OCH3 is 1. The van der Waals surface area contributed by atoms with Gasteiger partial charge in [0.15, 0.2) is 5.65 Å². The van der Waals surface area contributed by atoms with Gasteiger partial charge in [0.25, 0.3) is 5.91 Å². The number of aromatic amines is 1. The summed E-state index contributed by atoms with van der Waals surface area (Å²) in [5, 5.41) is 2.85. The van der Waals surface area contributed by atoms with Gasteiger partial charge in [-0.1, -0.05) is 6.58 Å². The van der Waals surface area contributed by atoms with E-state index in [2.05, 4.69) is 26.8 Å². The Hall–Kier alpha value is -2.94. The van der Waals surface area contributed by atoms with Crippen LogP contribution in [-0.4, -0.2) is 70.6 Å². The molecule has 1 aliphatic heterocycles. The van der Waals surface area contributed by atoms with Crippen LogP contribution in [0.25, 0.3) is 11.2 Å². The summed E-state index contributed by atoms with van der Waals surface area (Å²) >= 11 is 0. The van der Waals surface area contributed by atoms with Crippen LogP contribution in [-0.2, 0) is 9.53 Å². The fourth-order valence-electron chi connectivity index (χ4n) is 3.02. The van der Waals surface area contributed by atoms with Crippen molar-refractivity contribution in [3.05, 3.63) is 30.6 Å². The summed E-state index contributed by atoms with van der Waals surface area (Å²) in [4.78, 5) is 37.5. The number of aromatic nitrogens is 3. The Morgan fingerprint density at radius 3 is 3.11 bits per heavy atom. The SMILES string of the molecule is C=CC(=O)N1CC[C@H](Oc2cnc3[nH]cc(C(=O)N[C@@H](C)COC)c3n2)C1. The summed E-state index contributed by atoms with van der Waals surface area (Å²) in [5.74, 6) is -0.0581. The Kier molecular flexibility index (Phi) is 5.70. The van der Waals surface area contributed by atoms with Crippen LogP contribution in [0.1, 0.15) is 23.7 Å². The minimum absolute atomic E-state index is 0.114. The average Bonchev–Trinajstić information content (AvgIpc) is 3.28. The highest BCUT2D eigenvalue weighted by Crippen LogP contribution is 2.21. The van der Waals surface area contributed by atoms with Gasteiger partial charge in [0.1, 0.15) is 11.6 Å². The standard InChI is InChI=1S/C18H23N5O4/c1-4-15(24)23-6-5-12(9-23)27-14-8-20-17-16(22-14)13(7-19-17)18(25)21-11(2)10-26-3/h4,7-8,11-12H,1,5-6,9-10H2,2-3H3,(H,19,20)(H,21,25)/t11-,12-/m0/s1. The zero-order valence-electron chi connectivity index (χ0n) is 15.4. The van der Waals surface area contributed by atoms with Gasteiger partial charge >= 0.3 is 0 Å². The number of fused-ring (bicyclic) bond motifs is 1. The van der Waals surface area contributed by atoms with Gasteiger partial charge in [-0.3, -0.25) is 9.59 Å². The molecule has 0 spiro atoms. The molecule has 2 atom stereocenters. The first-order chi connectivity index (χ1) is 13.0. The van der Waals surface area contributed by atoms with E-state index in [-0.39, 0.29) is 24.0 Å². The van der Waals surface area contributed by atoms with Gasteiger partial charge in [-0.2, -0.15) is 0 Å². The third kappa shape index (κ3) is 4.25. The molecule has 2 aromatic rings. The van der Waals surface area contributed by atoms with Gasteiger partial charge in [-0.15, -0.1) is 0 Å². The Balaban J connectivity index is 1.72. The number of ether oxygens (including phenoxy) is 2. The van der Waals surface area contributed by atoms with E-state index < -0.39 is 0 Å². The second-order valence-electron chi connectivity index (χ2n) is 6.45. The lowest BCUT2D eigenvalue weighted by molar-refractivity contribution is -0.125. The van der Waals surface area contributed by atoms with Gasteiger partial charge in [0.05, 0.1) is 24.9 Å². The largest absolute Gasteiger partial charge is 0.471 e. The van der Waals surface area contributed by atoms with Crippen molar-refractivity contribution in [2.75, 3.05) is 26.8 Å². The minimum atomic E-state index is -0.263. The molecule has 2 N–H and O–H groups in total. The molecule has 0 aromatic carbocycles. The molecule has 1 aliphatic rings. The molecule has 27 heavy (non-hydrogen) atoms. The third-order valence-electron chi connectivity index (χ3n) is 4.32. The van der Waals surface area contributed by atoms with Crippen LogP contribution in [0, 0.1) is 0 Å². The van der Waals surface area contributed by atoms with Crippen molar-refractivity contribution in [1.82, 2.24) is 25.2 Å². The lowest BCUT2D eigenvalue weighted by Gasteiger charge is -2.15. The summed E-state index contributed by atoms with van der Waals surface area (Å²) in [6.45, 7) is 6.85. The lowest BCUT2D eigenvalue weighted by Crippen LogP contribution is -2.35. The molecule has 3 rings (SSSR count). The van der Waals surface area contributed by atoms with Crippen molar-refractivity contribution in [2.45, 2.75) is 25.5 Å². The molecular formula is C18H23N5O4. The highest BCUT2D eigenvalue weighted by molar-refractivity contribution is 6.04. The molecule has 0 radical (unpaired) electrons. The molecule has 9 nitrogen and oxygen atoms in total. The fraction of sp³-hybridized carbons (Fsp3) is 0.444. The predicted octanol–water partition coefficient (Wildman–Crippen LogP) is 0.888. The van der Waals surface area contributed by atoms with E-state index in [9.17, 15) is 9.59 Å². The molecule has 3 heterocycles. The molecule has 0 unspecified atom stereocenters. The number of hydrogen-bond acceptors (Lipinski definition) is 6. The summed E-state index contributed by atoms with van der Waals surface area (Å²) in [6, 6.07) is -0.133. The number of carbonyl (C=O) groups excluding carboxylic acids is 2. The Morgan fingerprint density at radius 2 is 2.37 bits per heavy atom. The van der Waals surface area contributed by atoms with Crippen molar-refractivity contribution in [3.63, 3.8) is 0 Å². The zero-order valence-corrected chi connectivity index (χ0v) is 15.4. The van der Waals surface area contributed by atoms with E-state index in [4.69, 9.17) is 9.47 Å². The molecule has 9 heteroatoms. The molecule has 144 valence electrons. The monoisotopic (exact) mass is 373 g/mol. The number of nitrogens with one attached hydrogen (secondary N) is 2. The van der Waals surface area contributed by atoms with Gasteiger partial charge in [0, 0.05) is 32.3 Å². The number of nitrogens with zero attached hydrogens (tertiary/aromatic N) is 3. The highest BCUT2D eigenvalue weighted by Gasteiger charge is 2.27. The quantitative estimate of drug-likeness (QED) is 0.698. The maximum Gasteiger partial charge on any atom is 0.255 e. The van der Waals surface area contributed by atoms with Crippen LogP contribution in [0.15, 0.2) is 25.0 Å². The first kappa shape index (κ1) is 18.8. The number of hydrogen-bond donors (Lipinski definition) is 2. The van der Waals surface area contributed by atoms with E-state index in [0.717, 1.165) is 0 Å². The maximum absolute atomic E-state index is 12.5. The molecule has 0 bridgehead atoms. The topological polar surface area (TPSA) is 109 Å². The Morgan fingerprint density at radius 1 is 1.56 bits per heavy atom. The molecule has 2 amide bonds. The van der Waals surface area contributed by atoms with Gasteiger partial charge < -0.3 is 24.7 Å². The average molecular weight is 373 g/mol. The molecular weight excluding hydrogens is 350 g/mol. The van der Waals surface area contributed by atoms with Crippen LogP contribution in [0.5, 0.6) is 5.88 Å². The first-order valence-electron chi connectivity index (χ1n) is 8.73. The number of H-pyrrole nitrogens is 1. The normalized spacial score (nSPS) is 17.7. The van der Waals surface area contributed by atoms with E-state index in [0.29, 0.717) is 48.7 Å². The van der Waals surface area contributed by atoms with Gasteiger partial charge in [-0.25, -0.2) is 9.97 Å². The van der Waals surface area contributed by atoms with Crippen LogP contribution in [0.3, 0.4) is 0 Å². The molecule has 2 aromatic heterocycles. The van der Waals surface area contributed by atoms with Crippen LogP contribution < -0.4 is 10.1 Å². The number of carbonyl (C=O) groups is 2. The molecule has 1 saturated heterocycles. The lowest BCUT2D eigenvalue weighted by atomic mass is 10.2. The first-order valence-corrected chi connectivity index (χ1v) is 8.73. The summed E-state index contributed by atoms with van der Waals surface area (Å²) < 4.78 is 10.9. The van der Waals surface area contributed by atoms with Crippen LogP contribution in [0.4, 0.5) is 0 Å². The number of rotatable bonds is 7. The van der Waals surface area contributed by atoms with Crippen molar-refractivity contribution in [2.24, 2.45) is 0 Å². The summed E-state index contributed by atoms with van der Waals surface area (Å²) in [6.07, 6.45) is 4.91. The molecule has 1 fully saturated rings. The second kappa shape index (κ2) is 8.17. The smallest absolute Gasteiger partial charge is 0.255 e. The number of likely N-dealkylation sites (tertiary alicyclic amines) is 1. The van der Waals surface area contributed by atoms with E-state index in [1.165, 1.54) is 12.3 Å².